The van der Waals surface area contributed by atoms with E-state index >= 15 is 0 Å². The van der Waals surface area contributed by atoms with Crippen molar-refractivity contribution in [1.82, 2.24) is 0 Å². The van der Waals surface area contributed by atoms with Crippen molar-refractivity contribution in [3.05, 3.63) is 0 Å². The number of aliphatic hydroxyl groups excluding tert-OH is 1. The van der Waals surface area contributed by atoms with Crippen LogP contribution in [0.25, 0.3) is 0 Å². The quantitative estimate of drug-likeness (QED) is 0.611. The van der Waals surface area contributed by atoms with Crippen molar-refractivity contribution in [3.8, 4) is 0 Å². The highest BCUT2D eigenvalue weighted by molar-refractivity contribution is 5.77. The molecule has 0 aromatic rings. The van der Waals surface area contributed by atoms with Gasteiger partial charge in [-0.1, -0.05) is 0 Å². The van der Waals surface area contributed by atoms with Crippen LogP contribution in [0.4, 0.5) is 0 Å². The normalized spacial score (nSPS) is 23.8. The Hall–Kier alpha value is -1.10. The van der Waals surface area contributed by atoms with Gasteiger partial charge in [-0.2, -0.15) is 0 Å². The average molecular weight is 188 g/mol. The molecule has 1 rings (SSSR count). The lowest BCUT2D eigenvalue weighted by Crippen LogP contribution is -2.35. The van der Waals surface area contributed by atoms with E-state index in [1.165, 1.54) is 0 Å². The molecule has 1 heterocycles. The van der Waals surface area contributed by atoms with Crippen molar-refractivity contribution in [2.24, 2.45) is 0 Å². The summed E-state index contributed by atoms with van der Waals surface area (Å²) in [6.45, 7) is 1.85. The van der Waals surface area contributed by atoms with Gasteiger partial charge in [0.05, 0.1) is 6.61 Å². The molecule has 1 aliphatic rings. The zero-order chi connectivity index (χ0) is 9.84. The molecule has 0 bridgehead atoms. The van der Waals surface area contributed by atoms with E-state index in [4.69, 9.17) is 4.74 Å². The molecule has 1 N–H and O–H groups in total. The van der Waals surface area contributed by atoms with Crippen molar-refractivity contribution in [2.45, 2.75) is 32.0 Å². The van der Waals surface area contributed by atoms with E-state index in [0.29, 0.717) is 6.42 Å². The second kappa shape index (κ2) is 4.23. The molecule has 0 spiro atoms. The lowest BCUT2D eigenvalue weighted by Gasteiger charge is -2.14. The Labute approximate surface area is 75.6 Å². The number of hydrogen-bond donors (Lipinski definition) is 1. The molecule has 2 atom stereocenters. The molecule has 2 unspecified atom stereocenters. The number of rotatable bonds is 3. The van der Waals surface area contributed by atoms with E-state index in [-0.39, 0.29) is 19.0 Å². The van der Waals surface area contributed by atoms with Gasteiger partial charge < -0.3 is 14.6 Å². The van der Waals surface area contributed by atoms with E-state index in [1.54, 1.807) is 6.92 Å². The van der Waals surface area contributed by atoms with E-state index in [1.807, 2.05) is 0 Å². The molecule has 0 saturated carbocycles. The van der Waals surface area contributed by atoms with Gasteiger partial charge >= 0.3 is 11.9 Å². The van der Waals surface area contributed by atoms with Crippen LogP contribution >= 0.6 is 0 Å². The lowest BCUT2D eigenvalue weighted by atomic mass is 10.1. The van der Waals surface area contributed by atoms with Crippen LogP contribution < -0.4 is 0 Å². The van der Waals surface area contributed by atoms with Gasteiger partial charge in [-0.05, 0) is 13.3 Å². The van der Waals surface area contributed by atoms with Crippen LogP contribution in [0.15, 0.2) is 0 Å². The minimum atomic E-state index is -1.34. The molecule has 5 heteroatoms. The Morgan fingerprint density at radius 2 is 2.54 bits per heavy atom. The molecular weight excluding hydrogens is 176 g/mol. The van der Waals surface area contributed by atoms with Gasteiger partial charge in [0.25, 0.3) is 0 Å². The summed E-state index contributed by atoms with van der Waals surface area (Å²) in [4.78, 5) is 21.6. The fourth-order valence-electron chi connectivity index (χ4n) is 1.15. The number of aliphatic hydroxyl groups is 1. The van der Waals surface area contributed by atoms with Crippen molar-refractivity contribution in [2.75, 3.05) is 6.61 Å². The summed E-state index contributed by atoms with van der Waals surface area (Å²) in [5, 5.41) is 9.31. The molecule has 1 saturated heterocycles. The number of hydrogen-bond acceptors (Lipinski definition) is 5. The minimum absolute atomic E-state index is 0.205. The van der Waals surface area contributed by atoms with Gasteiger partial charge in [0.15, 0.2) is 6.10 Å². The largest absolute Gasteiger partial charge is 0.464 e. The summed E-state index contributed by atoms with van der Waals surface area (Å²) in [5.74, 6) is -1.12. The van der Waals surface area contributed by atoms with Crippen LogP contribution in [0, 0.1) is 0 Å². The maximum atomic E-state index is 11.0. The second-order valence-electron chi connectivity index (χ2n) is 2.76. The van der Waals surface area contributed by atoms with Gasteiger partial charge in [-0.25, -0.2) is 4.79 Å². The topological polar surface area (TPSA) is 72.8 Å². The van der Waals surface area contributed by atoms with Crippen molar-refractivity contribution < 1.29 is 24.2 Å². The Balaban J connectivity index is 2.43. The molecule has 0 aliphatic carbocycles. The van der Waals surface area contributed by atoms with E-state index in [0.717, 1.165) is 0 Å². The third-order valence-corrected chi connectivity index (χ3v) is 1.80. The summed E-state index contributed by atoms with van der Waals surface area (Å²) in [6.07, 6.45) is -1.45. The zero-order valence-electron chi connectivity index (χ0n) is 7.36. The smallest absolute Gasteiger partial charge is 0.338 e. The molecule has 13 heavy (non-hydrogen) atoms. The minimum Gasteiger partial charge on any atom is -0.464 e. The molecule has 0 aromatic heterocycles. The van der Waals surface area contributed by atoms with Crippen LogP contribution in [0.1, 0.15) is 19.8 Å². The maximum absolute atomic E-state index is 11.0. The monoisotopic (exact) mass is 188 g/mol. The highest BCUT2D eigenvalue weighted by Crippen LogP contribution is 2.17. The van der Waals surface area contributed by atoms with Crippen LogP contribution in [-0.2, 0) is 19.1 Å². The number of esters is 2. The van der Waals surface area contributed by atoms with Gasteiger partial charge in [0, 0.05) is 6.42 Å². The fourth-order valence-corrected chi connectivity index (χ4v) is 1.15. The predicted octanol–water partition coefficient (Wildman–Crippen LogP) is -0.384. The van der Waals surface area contributed by atoms with Gasteiger partial charge in [0.1, 0.15) is 6.10 Å². The Bertz CT molecular complexity index is 213. The summed E-state index contributed by atoms with van der Waals surface area (Å²) in [5.41, 5.74) is 0. The Morgan fingerprint density at radius 1 is 1.85 bits per heavy atom. The standard InChI is InChI=1S/C8H12O5/c1-2-12-8(11)7(10)5-3-4-6(9)13-5/h5,7,10H,2-4H2,1H3. The fraction of sp³-hybridized carbons (Fsp3) is 0.750. The third kappa shape index (κ3) is 2.42. The highest BCUT2D eigenvalue weighted by Gasteiger charge is 2.35. The average Bonchev–Trinajstić information content (AvgIpc) is 2.51. The predicted molar refractivity (Wildman–Crippen MR) is 41.8 cm³/mol. The van der Waals surface area contributed by atoms with E-state index in [2.05, 4.69) is 4.74 Å². The summed E-state index contributed by atoms with van der Waals surface area (Å²) >= 11 is 0. The molecule has 1 fully saturated rings. The lowest BCUT2D eigenvalue weighted by molar-refractivity contribution is -0.163. The third-order valence-electron chi connectivity index (χ3n) is 1.80. The first-order chi connectivity index (χ1) is 6.15. The molecule has 1 aliphatic heterocycles. The van der Waals surface area contributed by atoms with Crippen LogP contribution in [0.2, 0.25) is 0 Å². The number of carbonyl (C=O) groups is 2. The zero-order valence-corrected chi connectivity index (χ0v) is 7.36. The number of carbonyl (C=O) groups excluding carboxylic acids is 2. The number of ether oxygens (including phenoxy) is 2. The molecule has 0 aromatic carbocycles. The van der Waals surface area contributed by atoms with Gasteiger partial charge in [-0.3, -0.25) is 4.79 Å². The summed E-state index contributed by atoms with van der Waals surface area (Å²) in [6, 6.07) is 0. The Morgan fingerprint density at radius 3 is 3.00 bits per heavy atom. The van der Waals surface area contributed by atoms with Crippen LogP contribution in [0.3, 0.4) is 0 Å². The first-order valence-corrected chi connectivity index (χ1v) is 4.19. The highest BCUT2D eigenvalue weighted by atomic mass is 16.6. The summed E-state index contributed by atoms with van der Waals surface area (Å²) < 4.78 is 9.27. The van der Waals surface area contributed by atoms with E-state index in [9.17, 15) is 14.7 Å². The number of cyclic esters (lactones) is 1. The molecule has 74 valence electrons. The van der Waals surface area contributed by atoms with Crippen molar-refractivity contribution in [3.63, 3.8) is 0 Å². The first kappa shape index (κ1) is 9.98. The van der Waals surface area contributed by atoms with Crippen LogP contribution in [-0.4, -0.2) is 35.9 Å². The summed E-state index contributed by atoms with van der Waals surface area (Å²) in [7, 11) is 0. The van der Waals surface area contributed by atoms with Gasteiger partial charge in [0.2, 0.25) is 0 Å². The molecule has 5 nitrogen and oxygen atoms in total. The molecule has 0 amide bonds. The molecule has 0 radical (unpaired) electrons. The maximum Gasteiger partial charge on any atom is 0.338 e. The first-order valence-electron chi connectivity index (χ1n) is 4.19. The Kier molecular flexibility index (Phi) is 3.25. The SMILES string of the molecule is CCOC(=O)C(O)C1CCC(=O)O1. The molecular formula is C8H12O5. The van der Waals surface area contributed by atoms with E-state index < -0.39 is 18.2 Å². The van der Waals surface area contributed by atoms with Crippen LogP contribution in [0.5, 0.6) is 0 Å². The van der Waals surface area contributed by atoms with Crippen molar-refractivity contribution in [1.29, 1.82) is 0 Å². The second-order valence-corrected chi connectivity index (χ2v) is 2.76. The van der Waals surface area contributed by atoms with Gasteiger partial charge in [-0.15, -0.1) is 0 Å². The van der Waals surface area contributed by atoms with Crippen molar-refractivity contribution >= 4 is 11.9 Å².